The summed E-state index contributed by atoms with van der Waals surface area (Å²) >= 11 is 3.29. The molecular formula is C12H16BrNO5. The number of nitriles is 1. The number of Topliss-reactive ketones (excluding diaryl/α,β-unsaturated/α-hetero) is 1. The molecule has 0 bridgehead atoms. The van der Waals surface area contributed by atoms with Crippen LogP contribution in [-0.4, -0.2) is 48.1 Å². The Morgan fingerprint density at radius 1 is 1.47 bits per heavy atom. The first-order valence-corrected chi connectivity index (χ1v) is 6.89. The molecule has 0 aromatic rings. The molecule has 0 aromatic carbocycles. The Morgan fingerprint density at radius 2 is 2.11 bits per heavy atom. The summed E-state index contributed by atoms with van der Waals surface area (Å²) in [5.41, 5.74) is 0. The number of hydrogen-bond donors (Lipinski definition) is 0. The van der Waals surface area contributed by atoms with E-state index in [1.165, 1.54) is 7.11 Å². The minimum Gasteiger partial charge on any atom is -0.353 e. The van der Waals surface area contributed by atoms with Crippen molar-refractivity contribution in [3.63, 3.8) is 0 Å². The van der Waals surface area contributed by atoms with Gasteiger partial charge in [-0.1, -0.05) is 15.9 Å². The van der Waals surface area contributed by atoms with Crippen LogP contribution in [0, 0.1) is 11.3 Å². The van der Waals surface area contributed by atoms with Crippen molar-refractivity contribution in [2.45, 2.75) is 55.5 Å². The van der Waals surface area contributed by atoms with Crippen LogP contribution in [0.15, 0.2) is 0 Å². The molecule has 2 aliphatic heterocycles. The van der Waals surface area contributed by atoms with Crippen molar-refractivity contribution in [1.29, 1.82) is 5.26 Å². The van der Waals surface area contributed by atoms with Crippen LogP contribution in [0.3, 0.4) is 0 Å². The summed E-state index contributed by atoms with van der Waals surface area (Å²) in [5, 5.41) is 8.58. The normalized spacial score (nSPS) is 37.6. The second kappa shape index (κ2) is 5.46. The molecular weight excluding hydrogens is 318 g/mol. The molecule has 0 saturated carbocycles. The molecule has 0 aliphatic carbocycles. The fourth-order valence-electron chi connectivity index (χ4n) is 2.38. The van der Waals surface area contributed by atoms with Gasteiger partial charge in [0, 0.05) is 7.11 Å². The minimum absolute atomic E-state index is 0.172. The van der Waals surface area contributed by atoms with Gasteiger partial charge in [0.1, 0.15) is 23.1 Å². The predicted octanol–water partition coefficient (Wildman–Crippen LogP) is 1.12. The third-order valence-electron chi connectivity index (χ3n) is 3.13. The van der Waals surface area contributed by atoms with Crippen molar-refractivity contribution in [1.82, 2.24) is 0 Å². The smallest absolute Gasteiger partial charge is 0.186 e. The van der Waals surface area contributed by atoms with Gasteiger partial charge in [0.05, 0.1) is 12.5 Å². The summed E-state index contributed by atoms with van der Waals surface area (Å²) < 4.78 is 22.4. The van der Waals surface area contributed by atoms with Gasteiger partial charge < -0.3 is 18.9 Å². The number of hydrogen-bond acceptors (Lipinski definition) is 6. The number of halogens is 1. The lowest BCUT2D eigenvalue weighted by Gasteiger charge is -2.25. The topological polar surface area (TPSA) is 77.8 Å². The summed E-state index contributed by atoms with van der Waals surface area (Å²) in [5.74, 6) is -0.976. The number of ether oxygens (including phenoxy) is 4. The van der Waals surface area contributed by atoms with Gasteiger partial charge in [-0.25, -0.2) is 0 Å². The van der Waals surface area contributed by atoms with Crippen LogP contribution in [0.4, 0.5) is 0 Å². The molecule has 0 spiro atoms. The van der Waals surface area contributed by atoms with E-state index >= 15 is 0 Å². The van der Waals surface area contributed by atoms with Gasteiger partial charge in [-0.2, -0.15) is 5.26 Å². The first-order chi connectivity index (χ1) is 8.89. The number of rotatable bonds is 4. The Hall–Kier alpha value is -0.520. The number of ketones is 1. The van der Waals surface area contributed by atoms with Crippen molar-refractivity contribution < 1.29 is 23.7 Å². The van der Waals surface area contributed by atoms with Crippen molar-refractivity contribution in [2.24, 2.45) is 0 Å². The van der Waals surface area contributed by atoms with Gasteiger partial charge >= 0.3 is 0 Å². The molecule has 7 heteroatoms. The number of alkyl halides is 1. The maximum atomic E-state index is 11.8. The Labute approximate surface area is 120 Å². The Morgan fingerprint density at radius 3 is 2.68 bits per heavy atom. The fourth-order valence-corrected chi connectivity index (χ4v) is 2.96. The highest BCUT2D eigenvalue weighted by Crippen LogP contribution is 2.41. The molecule has 106 valence electrons. The molecule has 2 saturated heterocycles. The van der Waals surface area contributed by atoms with Crippen LogP contribution in [0.1, 0.15) is 20.3 Å². The van der Waals surface area contributed by atoms with E-state index in [-0.39, 0.29) is 18.3 Å². The van der Waals surface area contributed by atoms with E-state index < -0.39 is 29.1 Å². The zero-order valence-electron chi connectivity index (χ0n) is 11.0. The molecule has 6 nitrogen and oxygen atoms in total. The van der Waals surface area contributed by atoms with Gasteiger partial charge in [-0.15, -0.1) is 0 Å². The monoisotopic (exact) mass is 333 g/mol. The van der Waals surface area contributed by atoms with E-state index in [0.717, 1.165) is 0 Å². The van der Waals surface area contributed by atoms with Crippen LogP contribution in [0.2, 0.25) is 0 Å². The van der Waals surface area contributed by atoms with Crippen molar-refractivity contribution in [3.8, 4) is 6.07 Å². The van der Waals surface area contributed by atoms with Crippen molar-refractivity contribution in [2.75, 3.05) is 7.11 Å². The van der Waals surface area contributed by atoms with E-state index in [0.29, 0.717) is 0 Å². The van der Waals surface area contributed by atoms with E-state index in [1.54, 1.807) is 13.8 Å². The van der Waals surface area contributed by atoms with Crippen LogP contribution in [0.5, 0.6) is 0 Å². The van der Waals surface area contributed by atoms with Crippen molar-refractivity contribution in [3.05, 3.63) is 0 Å². The summed E-state index contributed by atoms with van der Waals surface area (Å²) in [7, 11) is 1.51. The molecule has 5 atom stereocenters. The standard InChI is InChI=1S/C12H16BrNO5/c1-12(2)18-9-8(7(13)6(15)4-5-14)17-11(16-3)10(9)19-12/h7-11H,4H2,1-3H3/t7-,8-,9-,10-,11-/m1/s1. The second-order valence-corrected chi connectivity index (χ2v) is 5.96. The molecule has 0 radical (unpaired) electrons. The highest BCUT2D eigenvalue weighted by molar-refractivity contribution is 9.10. The summed E-state index contributed by atoms with van der Waals surface area (Å²) in [6.45, 7) is 3.60. The third-order valence-corrected chi connectivity index (χ3v) is 4.16. The van der Waals surface area contributed by atoms with Gasteiger partial charge in [0.2, 0.25) is 0 Å². The zero-order valence-corrected chi connectivity index (χ0v) is 12.5. The highest BCUT2D eigenvalue weighted by Gasteiger charge is 2.57. The maximum absolute atomic E-state index is 11.8. The Bertz CT molecular complexity index is 407. The predicted molar refractivity (Wildman–Crippen MR) is 67.4 cm³/mol. The van der Waals surface area contributed by atoms with Gasteiger partial charge in [0.25, 0.3) is 0 Å². The number of carbonyl (C=O) groups is 1. The molecule has 0 N–H and O–H groups in total. The van der Waals surface area contributed by atoms with Crippen LogP contribution < -0.4 is 0 Å². The van der Waals surface area contributed by atoms with E-state index in [4.69, 9.17) is 24.2 Å². The molecule has 0 unspecified atom stereocenters. The third kappa shape index (κ3) is 2.83. The summed E-state index contributed by atoms with van der Waals surface area (Å²) in [4.78, 5) is 11.2. The van der Waals surface area contributed by atoms with E-state index in [1.807, 2.05) is 6.07 Å². The Balaban J connectivity index is 2.14. The highest BCUT2D eigenvalue weighted by atomic mass is 79.9. The Kier molecular flexibility index (Phi) is 4.28. The number of methoxy groups -OCH3 is 1. The molecule has 2 fully saturated rings. The lowest BCUT2D eigenvalue weighted by Crippen LogP contribution is -2.39. The second-order valence-electron chi connectivity index (χ2n) is 4.97. The van der Waals surface area contributed by atoms with Gasteiger partial charge in [0.15, 0.2) is 17.9 Å². The zero-order chi connectivity index (χ0) is 14.2. The molecule has 2 rings (SSSR count). The lowest BCUT2D eigenvalue weighted by molar-refractivity contribution is -0.226. The molecule has 2 aliphatic rings. The average Bonchev–Trinajstić information content (AvgIpc) is 2.81. The van der Waals surface area contributed by atoms with Crippen LogP contribution >= 0.6 is 15.9 Å². The lowest BCUT2D eigenvalue weighted by atomic mass is 10.0. The van der Waals surface area contributed by atoms with E-state index in [9.17, 15) is 4.79 Å². The molecule has 0 amide bonds. The number of carbonyl (C=O) groups excluding carboxylic acids is 1. The molecule has 2 heterocycles. The quantitative estimate of drug-likeness (QED) is 0.717. The van der Waals surface area contributed by atoms with Gasteiger partial charge in [-0.3, -0.25) is 4.79 Å². The van der Waals surface area contributed by atoms with Crippen LogP contribution in [0.25, 0.3) is 0 Å². The fraction of sp³-hybridized carbons (Fsp3) is 0.833. The average molecular weight is 334 g/mol. The maximum Gasteiger partial charge on any atom is 0.186 e. The van der Waals surface area contributed by atoms with Crippen LogP contribution in [-0.2, 0) is 23.7 Å². The first kappa shape index (κ1) is 14.9. The summed E-state index contributed by atoms with van der Waals surface area (Å²) in [6.07, 6.45) is -2.05. The van der Waals surface area contributed by atoms with Gasteiger partial charge in [-0.05, 0) is 13.8 Å². The SMILES string of the molecule is CO[C@@H]1O[C@H]([C@H](Br)C(=O)CC#N)[C@H]2OC(C)(C)O[C@@H]12. The van der Waals surface area contributed by atoms with E-state index in [2.05, 4.69) is 15.9 Å². The largest absolute Gasteiger partial charge is 0.353 e. The number of nitrogens with zero attached hydrogens (tertiary/aromatic N) is 1. The molecule has 0 aromatic heterocycles. The minimum atomic E-state index is -0.737. The molecule has 19 heavy (non-hydrogen) atoms. The first-order valence-electron chi connectivity index (χ1n) is 5.97. The number of fused-ring (bicyclic) bond motifs is 1. The van der Waals surface area contributed by atoms with Crippen molar-refractivity contribution >= 4 is 21.7 Å². The summed E-state index contributed by atoms with van der Waals surface area (Å²) in [6, 6.07) is 1.83.